The molecule has 2 nitrogen and oxygen atoms in total. The zero-order valence-corrected chi connectivity index (χ0v) is 11.6. The Morgan fingerprint density at radius 1 is 1.47 bits per heavy atom. The lowest BCUT2D eigenvalue weighted by molar-refractivity contribution is 0.723. The van der Waals surface area contributed by atoms with E-state index < -0.39 is 0 Å². The number of hydrogen-bond donors (Lipinski definition) is 1. The summed E-state index contributed by atoms with van der Waals surface area (Å²) in [5.74, 6) is 1.23. The lowest BCUT2D eigenvalue weighted by atomic mass is 10.1. The molecule has 17 heavy (non-hydrogen) atoms. The Hall–Kier alpha value is -0.670. The molecule has 1 aromatic carbocycles. The average Bonchev–Trinajstić information content (AvgIpc) is 2.38. The molecule has 0 spiro atoms. The average molecular weight is 250 g/mol. The number of anilines is 1. The summed E-state index contributed by atoms with van der Waals surface area (Å²) in [5, 5.41) is 0.772. The van der Waals surface area contributed by atoms with Crippen molar-refractivity contribution < 1.29 is 0 Å². The van der Waals surface area contributed by atoms with Gasteiger partial charge < -0.3 is 10.6 Å². The van der Waals surface area contributed by atoms with E-state index in [4.69, 9.17) is 5.73 Å². The first-order chi connectivity index (χ1) is 8.26. The van der Waals surface area contributed by atoms with Crippen LogP contribution in [0.4, 0.5) is 5.69 Å². The molecule has 2 N–H and O–H groups in total. The van der Waals surface area contributed by atoms with Crippen molar-refractivity contribution in [2.75, 3.05) is 23.7 Å². The van der Waals surface area contributed by atoms with Crippen LogP contribution in [0.15, 0.2) is 18.2 Å². The molecule has 1 heterocycles. The summed E-state index contributed by atoms with van der Waals surface area (Å²) in [6.45, 7) is 7.43. The molecule has 2 rings (SSSR count). The van der Waals surface area contributed by atoms with Gasteiger partial charge in [-0.05, 0) is 24.5 Å². The maximum atomic E-state index is 5.86. The largest absolute Gasteiger partial charge is 0.369 e. The van der Waals surface area contributed by atoms with E-state index in [1.54, 1.807) is 0 Å². The minimum absolute atomic E-state index is 0.636. The molecule has 1 fully saturated rings. The molecule has 0 radical (unpaired) electrons. The van der Waals surface area contributed by atoms with Crippen molar-refractivity contribution in [3.05, 3.63) is 29.3 Å². The molecule has 1 unspecified atom stereocenters. The fourth-order valence-corrected chi connectivity index (χ4v) is 3.69. The van der Waals surface area contributed by atoms with Gasteiger partial charge in [0, 0.05) is 36.3 Å². The number of thioether (sulfide) groups is 1. The number of nitrogens with zero attached hydrogens (tertiary/aromatic N) is 1. The van der Waals surface area contributed by atoms with Gasteiger partial charge in [-0.25, -0.2) is 0 Å². The maximum Gasteiger partial charge on any atom is 0.0442 e. The van der Waals surface area contributed by atoms with Gasteiger partial charge in [0.1, 0.15) is 0 Å². The van der Waals surface area contributed by atoms with Gasteiger partial charge >= 0.3 is 0 Å². The van der Waals surface area contributed by atoms with E-state index in [0.717, 1.165) is 11.8 Å². The van der Waals surface area contributed by atoms with Crippen LogP contribution in [0.1, 0.15) is 24.5 Å². The van der Waals surface area contributed by atoms with Crippen molar-refractivity contribution in [3.8, 4) is 0 Å². The number of para-hydroxylation sites is 1. The fourth-order valence-electron chi connectivity index (χ4n) is 2.51. The molecule has 1 saturated heterocycles. The van der Waals surface area contributed by atoms with Crippen molar-refractivity contribution in [1.82, 2.24) is 0 Å². The van der Waals surface area contributed by atoms with Crippen molar-refractivity contribution >= 4 is 17.4 Å². The minimum atomic E-state index is 0.636. The Morgan fingerprint density at radius 2 is 2.29 bits per heavy atom. The quantitative estimate of drug-likeness (QED) is 0.894. The number of benzene rings is 1. The van der Waals surface area contributed by atoms with Gasteiger partial charge in [0.05, 0.1) is 0 Å². The Kier molecular flexibility index (Phi) is 4.35. The first-order valence-corrected chi connectivity index (χ1v) is 7.46. The third kappa shape index (κ3) is 2.78. The normalized spacial score (nSPS) is 20.6. The zero-order valence-electron chi connectivity index (χ0n) is 10.8. The highest BCUT2D eigenvalue weighted by Gasteiger charge is 2.21. The van der Waals surface area contributed by atoms with E-state index in [0.29, 0.717) is 6.54 Å². The molecule has 1 atom stereocenters. The second-order valence-corrected chi connectivity index (χ2v) is 6.04. The summed E-state index contributed by atoms with van der Waals surface area (Å²) in [6.07, 6.45) is 1.25. The van der Waals surface area contributed by atoms with Gasteiger partial charge in [-0.2, -0.15) is 11.8 Å². The predicted octanol–water partition coefficient (Wildman–Crippen LogP) is 2.79. The number of hydrogen-bond acceptors (Lipinski definition) is 3. The molecule has 0 aliphatic carbocycles. The fraction of sp³-hybridized carbons (Fsp3) is 0.571. The molecule has 1 aliphatic rings. The van der Waals surface area contributed by atoms with E-state index in [-0.39, 0.29) is 0 Å². The lowest BCUT2D eigenvalue weighted by Gasteiger charge is -2.35. The summed E-state index contributed by atoms with van der Waals surface area (Å²) in [7, 11) is 0. The van der Waals surface area contributed by atoms with Gasteiger partial charge in [0.25, 0.3) is 0 Å². The highest BCUT2D eigenvalue weighted by Crippen LogP contribution is 2.30. The highest BCUT2D eigenvalue weighted by atomic mass is 32.2. The van der Waals surface area contributed by atoms with Crippen LogP contribution >= 0.6 is 11.8 Å². The molecule has 0 saturated carbocycles. The smallest absolute Gasteiger partial charge is 0.0442 e. The molecule has 0 amide bonds. The van der Waals surface area contributed by atoms with Gasteiger partial charge in [-0.1, -0.05) is 25.1 Å². The Bertz CT molecular complexity index is 378. The maximum absolute atomic E-state index is 5.86. The second-order valence-electron chi connectivity index (χ2n) is 4.63. The molecule has 1 aromatic rings. The highest BCUT2D eigenvalue weighted by molar-refractivity contribution is 8.00. The summed E-state index contributed by atoms with van der Waals surface area (Å²) in [6, 6.07) is 6.46. The standard InChI is InChI=1S/C14H22N2S/c1-3-13-10-16(7-8-17-13)14-11(2)5-4-6-12(14)9-15/h4-6,13H,3,7-10,15H2,1-2H3. The third-order valence-corrected chi connectivity index (χ3v) is 4.82. The minimum Gasteiger partial charge on any atom is -0.369 e. The van der Waals surface area contributed by atoms with Gasteiger partial charge in [-0.15, -0.1) is 0 Å². The van der Waals surface area contributed by atoms with Crippen LogP contribution in [0.2, 0.25) is 0 Å². The van der Waals surface area contributed by atoms with Crippen LogP contribution in [0, 0.1) is 6.92 Å². The summed E-state index contributed by atoms with van der Waals surface area (Å²) in [5.41, 5.74) is 9.88. The van der Waals surface area contributed by atoms with E-state index >= 15 is 0 Å². The predicted molar refractivity (Wildman–Crippen MR) is 77.8 cm³/mol. The third-order valence-electron chi connectivity index (χ3n) is 3.45. The van der Waals surface area contributed by atoms with Gasteiger partial charge in [0.15, 0.2) is 0 Å². The van der Waals surface area contributed by atoms with Crippen LogP contribution in [-0.4, -0.2) is 24.1 Å². The Morgan fingerprint density at radius 3 is 3.00 bits per heavy atom. The molecule has 3 heteroatoms. The lowest BCUT2D eigenvalue weighted by Crippen LogP contribution is -2.38. The monoisotopic (exact) mass is 250 g/mol. The molecule has 0 bridgehead atoms. The summed E-state index contributed by atoms with van der Waals surface area (Å²) < 4.78 is 0. The van der Waals surface area contributed by atoms with Gasteiger partial charge in [0.2, 0.25) is 0 Å². The number of rotatable bonds is 3. The number of nitrogens with two attached hydrogens (primary N) is 1. The second kappa shape index (κ2) is 5.78. The molecular weight excluding hydrogens is 228 g/mol. The molecular formula is C14H22N2S. The van der Waals surface area contributed by atoms with Gasteiger partial charge in [-0.3, -0.25) is 0 Å². The van der Waals surface area contributed by atoms with E-state index in [1.165, 1.54) is 35.5 Å². The Balaban J connectivity index is 2.26. The molecule has 1 aliphatic heterocycles. The van der Waals surface area contributed by atoms with E-state index in [1.807, 2.05) is 0 Å². The van der Waals surface area contributed by atoms with Crippen LogP contribution in [0.3, 0.4) is 0 Å². The molecule has 0 aromatic heterocycles. The van der Waals surface area contributed by atoms with Crippen molar-refractivity contribution in [3.63, 3.8) is 0 Å². The summed E-state index contributed by atoms with van der Waals surface area (Å²) >= 11 is 2.11. The van der Waals surface area contributed by atoms with E-state index in [9.17, 15) is 0 Å². The van der Waals surface area contributed by atoms with Crippen molar-refractivity contribution in [1.29, 1.82) is 0 Å². The Labute approximate surface area is 109 Å². The summed E-state index contributed by atoms with van der Waals surface area (Å²) in [4.78, 5) is 2.53. The topological polar surface area (TPSA) is 29.3 Å². The van der Waals surface area contributed by atoms with Crippen LogP contribution in [0.25, 0.3) is 0 Å². The zero-order chi connectivity index (χ0) is 12.3. The van der Waals surface area contributed by atoms with Crippen LogP contribution < -0.4 is 10.6 Å². The van der Waals surface area contributed by atoms with Crippen molar-refractivity contribution in [2.45, 2.75) is 32.1 Å². The van der Waals surface area contributed by atoms with E-state index in [2.05, 4.69) is 48.7 Å². The number of aryl methyl sites for hydroxylation is 1. The SMILES string of the molecule is CCC1CN(c2c(C)cccc2CN)CCS1. The van der Waals surface area contributed by atoms with Crippen LogP contribution in [-0.2, 0) is 6.54 Å². The first kappa shape index (κ1) is 12.8. The first-order valence-electron chi connectivity index (χ1n) is 6.41. The van der Waals surface area contributed by atoms with Crippen molar-refractivity contribution in [2.24, 2.45) is 5.73 Å². The van der Waals surface area contributed by atoms with Crippen LogP contribution in [0.5, 0.6) is 0 Å². The molecule has 94 valence electrons.